The first-order valence-electron chi connectivity index (χ1n) is 9.54. The van der Waals surface area contributed by atoms with Crippen molar-refractivity contribution in [2.24, 2.45) is 5.10 Å². The minimum absolute atomic E-state index is 0.0626. The van der Waals surface area contributed by atoms with Crippen LogP contribution in [0.5, 0.6) is 5.75 Å². The summed E-state index contributed by atoms with van der Waals surface area (Å²) in [5.74, 6) is 0.113. The van der Waals surface area contributed by atoms with Gasteiger partial charge in [0.1, 0.15) is 5.75 Å². The van der Waals surface area contributed by atoms with Gasteiger partial charge in [-0.05, 0) is 54.4 Å². The van der Waals surface area contributed by atoms with E-state index in [1.54, 1.807) is 42.6 Å². The molecule has 2 N–H and O–H groups in total. The lowest BCUT2D eigenvalue weighted by Gasteiger charge is -2.08. The van der Waals surface area contributed by atoms with Crippen LogP contribution in [0.1, 0.15) is 27.0 Å². The fraction of sp³-hybridized carbons (Fsp3) is 0.125. The van der Waals surface area contributed by atoms with Crippen LogP contribution in [0.2, 0.25) is 0 Å². The van der Waals surface area contributed by atoms with Gasteiger partial charge in [0.15, 0.2) is 6.61 Å². The second-order valence-electron chi connectivity index (χ2n) is 6.69. The molecule has 0 aliphatic heterocycles. The van der Waals surface area contributed by atoms with Crippen LogP contribution in [0.25, 0.3) is 0 Å². The molecule has 0 saturated heterocycles. The van der Waals surface area contributed by atoms with E-state index in [0.29, 0.717) is 17.9 Å². The first kappa shape index (κ1) is 20.8. The van der Waals surface area contributed by atoms with E-state index < -0.39 is 0 Å². The molecule has 6 nitrogen and oxygen atoms in total. The molecule has 0 spiro atoms. The second kappa shape index (κ2) is 10.6. The average molecular weight is 401 g/mol. The van der Waals surface area contributed by atoms with Crippen LogP contribution in [-0.4, -0.2) is 24.6 Å². The number of hydrazone groups is 1. The molecule has 0 unspecified atom stereocenters. The molecule has 3 aromatic carbocycles. The lowest BCUT2D eigenvalue weighted by molar-refractivity contribution is -0.123. The minimum atomic E-state index is -0.271. The van der Waals surface area contributed by atoms with E-state index in [2.05, 4.69) is 15.8 Å². The van der Waals surface area contributed by atoms with Gasteiger partial charge in [-0.1, -0.05) is 48.0 Å². The molecular formula is C24H23N3O3. The first-order chi connectivity index (χ1) is 14.6. The van der Waals surface area contributed by atoms with Gasteiger partial charge in [-0.25, -0.2) is 5.43 Å². The van der Waals surface area contributed by atoms with Crippen LogP contribution in [0.3, 0.4) is 0 Å². The van der Waals surface area contributed by atoms with E-state index in [0.717, 1.165) is 16.7 Å². The summed E-state index contributed by atoms with van der Waals surface area (Å²) in [6, 6.07) is 24.0. The molecule has 30 heavy (non-hydrogen) atoms. The van der Waals surface area contributed by atoms with Crippen molar-refractivity contribution < 1.29 is 14.3 Å². The highest BCUT2D eigenvalue weighted by Gasteiger charge is 2.04. The van der Waals surface area contributed by atoms with Gasteiger partial charge in [-0.3, -0.25) is 9.59 Å². The Labute approximate surface area is 175 Å². The van der Waals surface area contributed by atoms with E-state index in [9.17, 15) is 9.59 Å². The van der Waals surface area contributed by atoms with Gasteiger partial charge in [0.2, 0.25) is 0 Å². The van der Waals surface area contributed by atoms with Gasteiger partial charge in [0.25, 0.3) is 11.8 Å². The lowest BCUT2D eigenvalue weighted by Crippen LogP contribution is -2.28. The average Bonchev–Trinajstić information content (AvgIpc) is 2.78. The minimum Gasteiger partial charge on any atom is -0.484 e. The Bertz CT molecular complexity index is 998. The van der Waals surface area contributed by atoms with Gasteiger partial charge in [0, 0.05) is 12.1 Å². The molecule has 6 heteroatoms. The number of carbonyl (C=O) groups excluding carboxylic acids is 2. The Hall–Kier alpha value is -3.93. The van der Waals surface area contributed by atoms with Gasteiger partial charge in [-0.15, -0.1) is 0 Å². The fourth-order valence-corrected chi connectivity index (χ4v) is 2.58. The van der Waals surface area contributed by atoms with Gasteiger partial charge >= 0.3 is 0 Å². The van der Waals surface area contributed by atoms with Gasteiger partial charge in [-0.2, -0.15) is 5.10 Å². The lowest BCUT2D eigenvalue weighted by atomic mass is 10.1. The van der Waals surface area contributed by atoms with E-state index in [1.807, 2.05) is 49.4 Å². The third-order valence-corrected chi connectivity index (χ3v) is 4.28. The fourth-order valence-electron chi connectivity index (χ4n) is 2.58. The van der Waals surface area contributed by atoms with E-state index >= 15 is 0 Å². The molecule has 152 valence electrons. The highest BCUT2D eigenvalue weighted by atomic mass is 16.5. The maximum Gasteiger partial charge on any atom is 0.271 e. The Morgan fingerprint density at radius 3 is 2.33 bits per heavy atom. The summed E-state index contributed by atoms with van der Waals surface area (Å²) in [6.45, 7) is 2.37. The summed E-state index contributed by atoms with van der Waals surface area (Å²) >= 11 is 0. The number of hydrogen-bond donors (Lipinski definition) is 2. The zero-order valence-corrected chi connectivity index (χ0v) is 16.7. The van der Waals surface area contributed by atoms with Gasteiger partial charge < -0.3 is 10.1 Å². The Morgan fingerprint density at radius 1 is 0.933 bits per heavy atom. The third kappa shape index (κ3) is 6.60. The Balaban J connectivity index is 1.41. The number of aryl methyl sites for hydroxylation is 1. The molecule has 3 rings (SSSR count). The van der Waals surface area contributed by atoms with Crippen LogP contribution < -0.4 is 15.5 Å². The van der Waals surface area contributed by atoms with Crippen molar-refractivity contribution in [3.63, 3.8) is 0 Å². The number of carbonyl (C=O) groups is 2. The highest BCUT2D eigenvalue weighted by Crippen LogP contribution is 2.11. The Kier molecular flexibility index (Phi) is 7.33. The molecule has 0 aromatic heterocycles. The molecular weight excluding hydrogens is 378 g/mol. The predicted octanol–water partition coefficient (Wildman–Crippen LogP) is 3.45. The van der Waals surface area contributed by atoms with Crippen molar-refractivity contribution in [3.05, 3.63) is 101 Å². The quantitative estimate of drug-likeness (QED) is 0.448. The van der Waals surface area contributed by atoms with Crippen LogP contribution >= 0.6 is 0 Å². The summed E-state index contributed by atoms with van der Waals surface area (Å²) < 4.78 is 5.50. The molecule has 0 bridgehead atoms. The topological polar surface area (TPSA) is 79.8 Å². The molecule has 0 aliphatic carbocycles. The largest absolute Gasteiger partial charge is 0.484 e. The van der Waals surface area contributed by atoms with E-state index in [1.165, 1.54) is 0 Å². The monoisotopic (exact) mass is 401 g/mol. The van der Waals surface area contributed by atoms with Crippen LogP contribution in [-0.2, 0) is 11.3 Å². The molecule has 0 radical (unpaired) electrons. The van der Waals surface area contributed by atoms with E-state index in [-0.39, 0.29) is 18.4 Å². The number of hydrogen-bond acceptors (Lipinski definition) is 4. The zero-order valence-electron chi connectivity index (χ0n) is 16.7. The maximum absolute atomic E-state index is 12.0. The number of nitrogens with one attached hydrogen (secondary N) is 2. The summed E-state index contributed by atoms with van der Waals surface area (Å²) in [5.41, 5.74) is 5.96. The molecule has 0 aliphatic rings. The normalized spacial score (nSPS) is 10.6. The number of amides is 2. The van der Waals surface area contributed by atoms with Gasteiger partial charge in [0.05, 0.1) is 6.21 Å². The van der Waals surface area contributed by atoms with Crippen molar-refractivity contribution in [3.8, 4) is 5.75 Å². The van der Waals surface area contributed by atoms with Crippen LogP contribution in [0.15, 0.2) is 84.0 Å². The van der Waals surface area contributed by atoms with E-state index in [4.69, 9.17) is 4.74 Å². The summed E-state index contributed by atoms with van der Waals surface area (Å²) in [4.78, 5) is 23.9. The third-order valence-electron chi connectivity index (χ3n) is 4.28. The number of benzene rings is 3. The summed E-state index contributed by atoms with van der Waals surface area (Å²) in [6.07, 6.45) is 1.54. The van der Waals surface area contributed by atoms with Crippen molar-refractivity contribution in [2.45, 2.75) is 13.5 Å². The highest BCUT2D eigenvalue weighted by molar-refractivity contribution is 5.94. The predicted molar refractivity (Wildman–Crippen MR) is 116 cm³/mol. The number of nitrogens with zero attached hydrogens (tertiary/aromatic N) is 1. The molecule has 2 amide bonds. The molecule has 0 fully saturated rings. The van der Waals surface area contributed by atoms with Crippen molar-refractivity contribution in [1.82, 2.24) is 10.7 Å². The standard InChI is InChI=1S/C24H23N3O3/c1-18-7-11-21(12-8-18)24(29)27-26-16-20-9-13-22(14-10-20)30-17-23(28)25-15-19-5-3-2-4-6-19/h2-14,16H,15,17H2,1H3,(H,25,28)(H,27,29)/b26-16+. The Morgan fingerprint density at radius 2 is 1.63 bits per heavy atom. The zero-order chi connectivity index (χ0) is 21.2. The van der Waals surface area contributed by atoms with Crippen LogP contribution in [0.4, 0.5) is 0 Å². The SMILES string of the molecule is Cc1ccc(C(=O)N/N=C/c2ccc(OCC(=O)NCc3ccccc3)cc2)cc1. The smallest absolute Gasteiger partial charge is 0.271 e. The maximum atomic E-state index is 12.0. The number of ether oxygens (including phenoxy) is 1. The molecule has 0 saturated carbocycles. The van der Waals surface area contributed by atoms with Crippen molar-refractivity contribution in [1.29, 1.82) is 0 Å². The summed E-state index contributed by atoms with van der Waals surface area (Å²) in [5, 5.41) is 6.78. The molecule has 0 heterocycles. The first-order valence-corrected chi connectivity index (χ1v) is 9.54. The molecule has 3 aromatic rings. The second-order valence-corrected chi connectivity index (χ2v) is 6.69. The number of rotatable bonds is 8. The van der Waals surface area contributed by atoms with Crippen molar-refractivity contribution >= 4 is 18.0 Å². The summed E-state index contributed by atoms with van der Waals surface area (Å²) in [7, 11) is 0. The molecule has 0 atom stereocenters. The van der Waals surface area contributed by atoms with Crippen molar-refractivity contribution in [2.75, 3.05) is 6.61 Å². The van der Waals surface area contributed by atoms with Crippen LogP contribution in [0, 0.1) is 6.92 Å².